The van der Waals surface area contributed by atoms with Gasteiger partial charge in [-0.2, -0.15) is 4.98 Å². The van der Waals surface area contributed by atoms with Gasteiger partial charge in [0, 0.05) is 12.5 Å². The molecular weight excluding hydrogens is 244 g/mol. The Balaban J connectivity index is 1.64. The van der Waals surface area contributed by atoms with E-state index in [2.05, 4.69) is 10.1 Å². The summed E-state index contributed by atoms with van der Waals surface area (Å²) in [5.41, 5.74) is 0.979. The number of aliphatic hydroxyl groups excluding tert-OH is 1. The van der Waals surface area contributed by atoms with Crippen molar-refractivity contribution in [1.29, 1.82) is 0 Å². The van der Waals surface area contributed by atoms with Gasteiger partial charge < -0.3 is 14.4 Å². The Labute approximate surface area is 111 Å². The number of hydrogen-bond donors (Lipinski definition) is 1. The number of nitrogens with zero attached hydrogens (tertiary/aromatic N) is 2. The summed E-state index contributed by atoms with van der Waals surface area (Å²) in [7, 11) is 0. The van der Waals surface area contributed by atoms with Crippen molar-refractivity contribution in [1.82, 2.24) is 10.1 Å². The molecule has 0 aliphatic heterocycles. The van der Waals surface area contributed by atoms with Crippen molar-refractivity contribution >= 4 is 0 Å². The number of para-hydroxylation sites is 1. The molecule has 0 bridgehead atoms. The highest BCUT2D eigenvalue weighted by Crippen LogP contribution is 2.38. The maximum Gasteiger partial charge on any atom is 0.264 e. The summed E-state index contributed by atoms with van der Waals surface area (Å²) in [6, 6.07) is 7.65. The molecule has 0 spiro atoms. The SMILES string of the molecule is OCCc1ccccc1OCc1nc(C2CC2)no1. The van der Waals surface area contributed by atoms with E-state index in [1.54, 1.807) is 0 Å². The molecule has 1 aliphatic carbocycles. The number of ether oxygens (including phenoxy) is 1. The second kappa shape index (κ2) is 5.40. The van der Waals surface area contributed by atoms with Crippen LogP contribution in [-0.4, -0.2) is 21.9 Å². The van der Waals surface area contributed by atoms with E-state index in [4.69, 9.17) is 14.4 Å². The summed E-state index contributed by atoms with van der Waals surface area (Å²) >= 11 is 0. The van der Waals surface area contributed by atoms with E-state index in [-0.39, 0.29) is 13.2 Å². The Bertz CT molecular complexity index is 549. The first-order valence-corrected chi connectivity index (χ1v) is 6.51. The lowest BCUT2D eigenvalue weighted by molar-refractivity contribution is 0.238. The van der Waals surface area contributed by atoms with Crippen LogP contribution in [-0.2, 0) is 13.0 Å². The number of benzene rings is 1. The van der Waals surface area contributed by atoms with Crippen molar-refractivity contribution in [3.05, 3.63) is 41.5 Å². The van der Waals surface area contributed by atoms with E-state index in [9.17, 15) is 0 Å². The Hall–Kier alpha value is -1.88. The van der Waals surface area contributed by atoms with E-state index in [0.29, 0.717) is 18.2 Å². The minimum Gasteiger partial charge on any atom is -0.483 e. The van der Waals surface area contributed by atoms with Gasteiger partial charge in [0.05, 0.1) is 0 Å². The van der Waals surface area contributed by atoms with Gasteiger partial charge in [-0.1, -0.05) is 23.4 Å². The summed E-state index contributed by atoms with van der Waals surface area (Å²) in [5.74, 6) is 2.53. The van der Waals surface area contributed by atoms with E-state index < -0.39 is 0 Å². The first-order chi connectivity index (χ1) is 9.36. The molecule has 0 atom stereocenters. The molecule has 3 rings (SSSR count). The molecule has 0 saturated heterocycles. The van der Waals surface area contributed by atoms with Crippen molar-refractivity contribution in [2.45, 2.75) is 31.8 Å². The zero-order chi connectivity index (χ0) is 13.1. The summed E-state index contributed by atoms with van der Waals surface area (Å²) in [6.45, 7) is 0.370. The van der Waals surface area contributed by atoms with Crippen LogP contribution in [0.3, 0.4) is 0 Å². The first-order valence-electron chi connectivity index (χ1n) is 6.51. The van der Waals surface area contributed by atoms with Crippen LogP contribution in [0.4, 0.5) is 0 Å². The molecule has 19 heavy (non-hydrogen) atoms. The average molecular weight is 260 g/mol. The predicted octanol–water partition coefficient (Wildman–Crippen LogP) is 2.06. The standard InChI is InChI=1S/C14H16N2O3/c17-8-7-10-3-1-2-4-12(10)18-9-13-15-14(16-19-13)11-5-6-11/h1-4,11,17H,5-9H2. The van der Waals surface area contributed by atoms with Crippen LogP contribution in [0.15, 0.2) is 28.8 Å². The molecule has 1 fully saturated rings. The third kappa shape index (κ3) is 2.93. The molecule has 1 aliphatic rings. The van der Waals surface area contributed by atoms with Crippen LogP contribution in [0.1, 0.15) is 36.0 Å². The Morgan fingerprint density at radius 3 is 2.95 bits per heavy atom. The molecule has 100 valence electrons. The molecule has 0 unspecified atom stereocenters. The molecule has 1 heterocycles. The van der Waals surface area contributed by atoms with Gasteiger partial charge in [-0.05, 0) is 30.9 Å². The molecule has 5 nitrogen and oxygen atoms in total. The highest BCUT2D eigenvalue weighted by molar-refractivity contribution is 5.33. The lowest BCUT2D eigenvalue weighted by Gasteiger charge is -2.08. The van der Waals surface area contributed by atoms with E-state index in [0.717, 1.165) is 30.0 Å². The molecule has 0 radical (unpaired) electrons. The highest BCUT2D eigenvalue weighted by Gasteiger charge is 2.28. The van der Waals surface area contributed by atoms with E-state index in [1.807, 2.05) is 24.3 Å². The van der Waals surface area contributed by atoms with Crippen molar-refractivity contribution in [3.8, 4) is 5.75 Å². The van der Waals surface area contributed by atoms with Gasteiger partial charge in [-0.15, -0.1) is 0 Å². The molecule has 0 amide bonds. The minimum absolute atomic E-state index is 0.104. The molecule has 1 N–H and O–H groups in total. The smallest absolute Gasteiger partial charge is 0.264 e. The molecular formula is C14H16N2O3. The average Bonchev–Trinajstić information content (AvgIpc) is 3.18. The largest absolute Gasteiger partial charge is 0.483 e. The Kier molecular flexibility index (Phi) is 3.46. The van der Waals surface area contributed by atoms with Gasteiger partial charge in [-0.25, -0.2) is 0 Å². The van der Waals surface area contributed by atoms with E-state index in [1.165, 1.54) is 0 Å². The lowest BCUT2D eigenvalue weighted by Crippen LogP contribution is -2.00. The van der Waals surface area contributed by atoms with Gasteiger partial charge in [0.25, 0.3) is 5.89 Å². The van der Waals surface area contributed by atoms with Crippen molar-refractivity contribution < 1.29 is 14.4 Å². The van der Waals surface area contributed by atoms with E-state index >= 15 is 0 Å². The third-order valence-corrected chi connectivity index (χ3v) is 3.13. The Morgan fingerprint density at radius 1 is 1.32 bits per heavy atom. The molecule has 5 heteroatoms. The maximum atomic E-state index is 9.00. The number of aromatic nitrogens is 2. The van der Waals surface area contributed by atoms with Crippen LogP contribution in [0, 0.1) is 0 Å². The molecule has 1 saturated carbocycles. The summed E-state index contributed by atoms with van der Waals surface area (Å²) in [6.07, 6.45) is 2.88. The maximum absolute atomic E-state index is 9.00. The summed E-state index contributed by atoms with van der Waals surface area (Å²) in [4.78, 5) is 4.31. The molecule has 2 aromatic rings. The molecule has 1 aromatic carbocycles. The number of hydrogen-bond acceptors (Lipinski definition) is 5. The van der Waals surface area contributed by atoms with Crippen LogP contribution in [0.2, 0.25) is 0 Å². The van der Waals surface area contributed by atoms with Crippen LogP contribution in [0.5, 0.6) is 5.75 Å². The van der Waals surface area contributed by atoms with Gasteiger partial charge in [0.15, 0.2) is 12.4 Å². The van der Waals surface area contributed by atoms with Gasteiger partial charge >= 0.3 is 0 Å². The van der Waals surface area contributed by atoms with Crippen molar-refractivity contribution in [2.75, 3.05) is 6.61 Å². The summed E-state index contributed by atoms with van der Waals surface area (Å²) in [5, 5.41) is 12.9. The molecule has 1 aromatic heterocycles. The summed E-state index contributed by atoms with van der Waals surface area (Å²) < 4.78 is 10.8. The topological polar surface area (TPSA) is 68.4 Å². The van der Waals surface area contributed by atoms with Crippen molar-refractivity contribution in [2.24, 2.45) is 0 Å². The first kappa shape index (κ1) is 12.2. The normalized spacial score (nSPS) is 14.6. The second-order valence-corrected chi connectivity index (χ2v) is 4.69. The monoisotopic (exact) mass is 260 g/mol. The highest BCUT2D eigenvalue weighted by atomic mass is 16.5. The zero-order valence-electron chi connectivity index (χ0n) is 10.6. The fourth-order valence-corrected chi connectivity index (χ4v) is 1.95. The van der Waals surface area contributed by atoms with Crippen LogP contribution in [0.25, 0.3) is 0 Å². The van der Waals surface area contributed by atoms with Gasteiger partial charge in [0.2, 0.25) is 0 Å². The fourth-order valence-electron chi connectivity index (χ4n) is 1.95. The zero-order valence-corrected chi connectivity index (χ0v) is 10.6. The number of rotatable bonds is 6. The van der Waals surface area contributed by atoms with Crippen LogP contribution < -0.4 is 4.74 Å². The van der Waals surface area contributed by atoms with Gasteiger partial charge in [-0.3, -0.25) is 0 Å². The van der Waals surface area contributed by atoms with Crippen molar-refractivity contribution in [3.63, 3.8) is 0 Å². The lowest BCUT2D eigenvalue weighted by atomic mass is 10.1. The van der Waals surface area contributed by atoms with Crippen LogP contribution >= 0.6 is 0 Å². The minimum atomic E-state index is 0.104. The van der Waals surface area contributed by atoms with Gasteiger partial charge in [0.1, 0.15) is 5.75 Å². The quantitative estimate of drug-likeness (QED) is 0.861. The predicted molar refractivity (Wildman–Crippen MR) is 67.8 cm³/mol. The third-order valence-electron chi connectivity index (χ3n) is 3.13. The fraction of sp³-hybridized carbons (Fsp3) is 0.429. The second-order valence-electron chi connectivity index (χ2n) is 4.69. The Morgan fingerprint density at radius 2 is 2.16 bits per heavy atom. The number of aliphatic hydroxyl groups is 1.